The molecule has 194 valence electrons. The van der Waals surface area contributed by atoms with E-state index in [9.17, 15) is 19.8 Å². The van der Waals surface area contributed by atoms with Gasteiger partial charge in [-0.1, -0.05) is 103 Å². The van der Waals surface area contributed by atoms with Crippen LogP contribution < -0.4 is 0 Å². The first kappa shape index (κ1) is 26.0. The van der Waals surface area contributed by atoms with Crippen molar-refractivity contribution in [2.24, 2.45) is 9.98 Å². The van der Waals surface area contributed by atoms with E-state index in [1.807, 2.05) is 78.9 Å². The number of aliphatic imine (C=N–C) groups is 2. The summed E-state index contributed by atoms with van der Waals surface area (Å²) in [5.41, 5.74) is 4.99. The molecule has 0 bridgehead atoms. The molecule has 5 rings (SSSR count). The molecule has 0 unspecified atom stereocenters. The van der Waals surface area contributed by atoms with Crippen LogP contribution in [-0.4, -0.2) is 33.6 Å². The maximum atomic E-state index is 12.0. The molecular weight excluding hydrogens is 500 g/mol. The monoisotopic (exact) mass is 524 g/mol. The van der Waals surface area contributed by atoms with Gasteiger partial charge in [0.05, 0.1) is 33.9 Å². The fourth-order valence-corrected chi connectivity index (χ4v) is 4.40. The number of carboxylic acid groups (broad SMARTS) is 2. The summed E-state index contributed by atoms with van der Waals surface area (Å²) in [5.74, 6) is -2.08. The molecule has 0 saturated heterocycles. The molecule has 5 aromatic carbocycles. The van der Waals surface area contributed by atoms with Crippen molar-refractivity contribution in [1.82, 2.24) is 0 Å². The maximum absolute atomic E-state index is 12.0. The van der Waals surface area contributed by atoms with Crippen LogP contribution in [0.5, 0.6) is 0 Å². The number of carbonyl (C=O) groups is 2. The lowest BCUT2D eigenvalue weighted by molar-refractivity contribution is 0.0686. The summed E-state index contributed by atoms with van der Waals surface area (Å²) in [6, 6.07) is 39.6. The number of hydrogen-bond donors (Lipinski definition) is 2. The Bertz CT molecular complexity index is 1620. The summed E-state index contributed by atoms with van der Waals surface area (Å²) in [6.07, 6.45) is 0. The van der Waals surface area contributed by atoms with E-state index < -0.39 is 11.9 Å². The first-order valence-electron chi connectivity index (χ1n) is 12.5. The summed E-state index contributed by atoms with van der Waals surface area (Å²) in [6.45, 7) is 0. The minimum atomic E-state index is -1.04. The Hall–Kier alpha value is -5.62. The van der Waals surface area contributed by atoms with E-state index in [0.717, 1.165) is 11.1 Å². The number of nitrogens with zero attached hydrogens (tertiary/aromatic N) is 2. The van der Waals surface area contributed by atoms with Gasteiger partial charge in [0.2, 0.25) is 0 Å². The van der Waals surface area contributed by atoms with Crippen LogP contribution in [0.25, 0.3) is 0 Å². The molecule has 0 aliphatic rings. The van der Waals surface area contributed by atoms with Crippen molar-refractivity contribution in [3.8, 4) is 0 Å². The van der Waals surface area contributed by atoms with Gasteiger partial charge < -0.3 is 10.2 Å². The molecule has 0 spiro atoms. The summed E-state index contributed by atoms with van der Waals surface area (Å²) in [5, 5.41) is 19.7. The van der Waals surface area contributed by atoms with Crippen LogP contribution >= 0.6 is 0 Å². The number of rotatable bonds is 8. The molecule has 0 aliphatic carbocycles. The zero-order valence-electron chi connectivity index (χ0n) is 21.3. The molecule has 0 aromatic heterocycles. The van der Waals surface area contributed by atoms with Gasteiger partial charge in [0.15, 0.2) is 0 Å². The Morgan fingerprint density at radius 3 is 1.15 bits per heavy atom. The van der Waals surface area contributed by atoms with Crippen molar-refractivity contribution in [2.45, 2.75) is 0 Å². The van der Waals surface area contributed by atoms with E-state index >= 15 is 0 Å². The van der Waals surface area contributed by atoms with Gasteiger partial charge in [-0.3, -0.25) is 0 Å². The molecule has 0 heterocycles. The second kappa shape index (κ2) is 11.8. The molecule has 6 nitrogen and oxygen atoms in total. The van der Waals surface area contributed by atoms with Gasteiger partial charge in [-0.05, 0) is 30.3 Å². The van der Waals surface area contributed by atoms with Crippen LogP contribution in [0.3, 0.4) is 0 Å². The molecular formula is C34H24N2O4. The van der Waals surface area contributed by atoms with Gasteiger partial charge in [-0.15, -0.1) is 0 Å². The van der Waals surface area contributed by atoms with E-state index in [4.69, 9.17) is 9.98 Å². The van der Waals surface area contributed by atoms with Crippen molar-refractivity contribution < 1.29 is 19.8 Å². The van der Waals surface area contributed by atoms with Gasteiger partial charge >= 0.3 is 11.9 Å². The van der Waals surface area contributed by atoms with Crippen molar-refractivity contribution >= 4 is 34.7 Å². The van der Waals surface area contributed by atoms with Crippen LogP contribution in [0.15, 0.2) is 143 Å². The molecule has 0 aliphatic heterocycles. The fraction of sp³-hybridized carbons (Fsp3) is 0. The highest BCUT2D eigenvalue weighted by atomic mass is 16.4. The van der Waals surface area contributed by atoms with E-state index in [1.165, 1.54) is 0 Å². The number of carboxylic acids is 2. The van der Waals surface area contributed by atoms with E-state index in [2.05, 4.69) is 0 Å². The van der Waals surface area contributed by atoms with Gasteiger partial charge in [-0.2, -0.15) is 0 Å². The standard InChI is InChI=1S/C34H24N2O4/c37-33(38)29-20-9-7-18-27(29)31(23-12-3-1-4-13-23)35-25-16-11-17-26(22-25)36-32(24-14-5-2-6-15-24)28-19-8-10-21-30(28)34(39)40/h1-22H,(H,37,38)(H,39,40). The number of aromatic carboxylic acids is 2. The summed E-state index contributed by atoms with van der Waals surface area (Å²) < 4.78 is 0. The zero-order chi connectivity index (χ0) is 27.9. The van der Waals surface area contributed by atoms with Crippen LogP contribution in [0.4, 0.5) is 11.4 Å². The first-order chi connectivity index (χ1) is 19.5. The second-order valence-electron chi connectivity index (χ2n) is 8.87. The van der Waals surface area contributed by atoms with E-state index in [1.54, 1.807) is 54.6 Å². The third-order valence-electron chi connectivity index (χ3n) is 6.23. The molecule has 0 fully saturated rings. The van der Waals surface area contributed by atoms with E-state index in [-0.39, 0.29) is 11.1 Å². The second-order valence-corrected chi connectivity index (χ2v) is 8.87. The fourth-order valence-electron chi connectivity index (χ4n) is 4.40. The van der Waals surface area contributed by atoms with Crippen molar-refractivity contribution in [2.75, 3.05) is 0 Å². The van der Waals surface area contributed by atoms with Gasteiger partial charge in [0.25, 0.3) is 0 Å². The van der Waals surface area contributed by atoms with Crippen LogP contribution in [0.2, 0.25) is 0 Å². The third kappa shape index (κ3) is 5.76. The first-order valence-corrected chi connectivity index (χ1v) is 12.5. The zero-order valence-corrected chi connectivity index (χ0v) is 21.3. The molecule has 5 aromatic rings. The lowest BCUT2D eigenvalue weighted by atomic mass is 9.97. The normalized spacial score (nSPS) is 11.7. The number of benzene rings is 5. The Morgan fingerprint density at radius 1 is 0.425 bits per heavy atom. The number of hydrogen-bond acceptors (Lipinski definition) is 4. The Kier molecular flexibility index (Phi) is 7.69. The minimum absolute atomic E-state index is 0.149. The topological polar surface area (TPSA) is 99.3 Å². The smallest absolute Gasteiger partial charge is 0.336 e. The predicted molar refractivity (Wildman–Crippen MR) is 157 cm³/mol. The van der Waals surface area contributed by atoms with Gasteiger partial charge in [-0.25, -0.2) is 19.6 Å². The molecule has 0 amide bonds. The largest absolute Gasteiger partial charge is 0.478 e. The van der Waals surface area contributed by atoms with E-state index in [0.29, 0.717) is 33.9 Å². The lowest BCUT2D eigenvalue weighted by Gasteiger charge is -2.12. The highest BCUT2D eigenvalue weighted by Crippen LogP contribution is 2.27. The predicted octanol–water partition coefficient (Wildman–Crippen LogP) is 7.42. The van der Waals surface area contributed by atoms with Crippen molar-refractivity contribution in [3.05, 3.63) is 167 Å². The Balaban J connectivity index is 1.67. The SMILES string of the molecule is O=C(O)c1ccccc1C(=Nc1cccc(N=C(c2ccccc2)c2ccccc2C(=O)O)c1)c1ccccc1. The van der Waals surface area contributed by atoms with Crippen molar-refractivity contribution in [3.63, 3.8) is 0 Å². The highest BCUT2D eigenvalue weighted by Gasteiger charge is 2.18. The summed E-state index contributed by atoms with van der Waals surface area (Å²) in [4.78, 5) is 33.8. The molecule has 0 atom stereocenters. The molecule has 2 N–H and O–H groups in total. The van der Waals surface area contributed by atoms with Crippen LogP contribution in [0, 0.1) is 0 Å². The lowest BCUT2D eigenvalue weighted by Crippen LogP contribution is -2.10. The van der Waals surface area contributed by atoms with Crippen LogP contribution in [0.1, 0.15) is 43.0 Å². The van der Waals surface area contributed by atoms with Crippen LogP contribution in [-0.2, 0) is 0 Å². The summed E-state index contributed by atoms with van der Waals surface area (Å²) >= 11 is 0. The molecule has 40 heavy (non-hydrogen) atoms. The average Bonchev–Trinajstić information content (AvgIpc) is 3.00. The molecule has 6 heteroatoms. The van der Waals surface area contributed by atoms with Gasteiger partial charge in [0, 0.05) is 22.3 Å². The maximum Gasteiger partial charge on any atom is 0.336 e. The van der Waals surface area contributed by atoms with Crippen molar-refractivity contribution in [1.29, 1.82) is 0 Å². The molecule has 0 radical (unpaired) electrons. The quantitative estimate of drug-likeness (QED) is 0.206. The average molecular weight is 525 g/mol. The van der Waals surface area contributed by atoms with Gasteiger partial charge in [0.1, 0.15) is 0 Å². The highest BCUT2D eigenvalue weighted by molar-refractivity contribution is 6.19. The third-order valence-corrected chi connectivity index (χ3v) is 6.23. The summed E-state index contributed by atoms with van der Waals surface area (Å²) in [7, 11) is 0. The minimum Gasteiger partial charge on any atom is -0.478 e. The Morgan fingerprint density at radius 2 is 0.775 bits per heavy atom. The Labute approximate surface area is 231 Å². The molecule has 0 saturated carbocycles.